The number of benzene rings is 1. The van der Waals surface area contributed by atoms with Crippen LogP contribution in [0.25, 0.3) is 0 Å². The van der Waals surface area contributed by atoms with Gasteiger partial charge in [0.15, 0.2) is 0 Å². The molecular formula is C12H16N2O5S. The van der Waals surface area contributed by atoms with E-state index >= 15 is 0 Å². The second-order valence-electron chi connectivity index (χ2n) is 4.95. The second-order valence-corrected chi connectivity index (χ2v) is 6.88. The number of β-amino-alcohol motifs (C(OH)–C–C–N with tert-alkyl or cyclic N) is 1. The number of sulfonamides is 1. The predicted octanol–water partition coefficient (Wildman–Crippen LogP) is 0.967. The van der Waals surface area contributed by atoms with Gasteiger partial charge >= 0.3 is 0 Å². The van der Waals surface area contributed by atoms with Crippen LogP contribution in [0, 0.1) is 24.0 Å². The van der Waals surface area contributed by atoms with E-state index in [9.17, 15) is 23.6 Å². The fraction of sp³-hybridized carbons (Fsp3) is 0.500. The molecule has 0 aromatic heterocycles. The molecule has 0 unspecified atom stereocenters. The van der Waals surface area contributed by atoms with Crippen LogP contribution in [0.15, 0.2) is 17.0 Å². The van der Waals surface area contributed by atoms with E-state index in [1.54, 1.807) is 13.8 Å². The SMILES string of the molecule is Cc1cc(S(=O)(=O)N2CC[C@H](O)C2)cc([N+](=O)[O-])c1C. The molecule has 0 aliphatic carbocycles. The maximum atomic E-state index is 12.4. The molecule has 1 aliphatic rings. The van der Waals surface area contributed by atoms with Crippen molar-refractivity contribution in [3.8, 4) is 0 Å². The lowest BCUT2D eigenvalue weighted by atomic mass is 10.1. The average molecular weight is 300 g/mol. The number of hydrogen-bond acceptors (Lipinski definition) is 5. The molecule has 1 saturated heterocycles. The molecule has 1 aromatic carbocycles. The first-order chi connectivity index (χ1) is 9.23. The first-order valence-electron chi connectivity index (χ1n) is 6.17. The Balaban J connectivity index is 2.50. The molecule has 1 aliphatic heterocycles. The van der Waals surface area contributed by atoms with Gasteiger partial charge in [0.25, 0.3) is 5.69 Å². The van der Waals surface area contributed by atoms with Gasteiger partial charge < -0.3 is 5.11 Å². The second kappa shape index (κ2) is 5.12. The molecule has 110 valence electrons. The van der Waals surface area contributed by atoms with E-state index in [-0.39, 0.29) is 23.7 Å². The van der Waals surface area contributed by atoms with E-state index in [2.05, 4.69) is 0 Å². The third kappa shape index (κ3) is 2.54. The van der Waals surface area contributed by atoms with Crippen LogP contribution in [0.2, 0.25) is 0 Å². The van der Waals surface area contributed by atoms with Crippen LogP contribution in [0.5, 0.6) is 0 Å². The van der Waals surface area contributed by atoms with E-state index in [1.807, 2.05) is 0 Å². The van der Waals surface area contributed by atoms with Crippen molar-refractivity contribution in [2.75, 3.05) is 13.1 Å². The number of aryl methyl sites for hydroxylation is 1. The smallest absolute Gasteiger partial charge is 0.273 e. The Bertz CT molecular complexity index is 656. The normalized spacial score (nSPS) is 20.2. The molecule has 8 heteroatoms. The van der Waals surface area contributed by atoms with Crippen molar-refractivity contribution in [2.24, 2.45) is 0 Å². The van der Waals surface area contributed by atoms with Crippen LogP contribution in [0.1, 0.15) is 17.5 Å². The zero-order valence-corrected chi connectivity index (χ0v) is 12.1. The molecule has 1 heterocycles. The number of hydrogen-bond donors (Lipinski definition) is 1. The fourth-order valence-electron chi connectivity index (χ4n) is 2.22. The van der Waals surface area contributed by atoms with Gasteiger partial charge in [-0.2, -0.15) is 4.31 Å². The van der Waals surface area contributed by atoms with E-state index < -0.39 is 21.1 Å². The van der Waals surface area contributed by atoms with E-state index in [0.717, 1.165) is 10.4 Å². The van der Waals surface area contributed by atoms with Gasteiger partial charge in [0, 0.05) is 24.7 Å². The Morgan fingerprint density at radius 3 is 2.55 bits per heavy atom. The number of aliphatic hydroxyl groups excluding tert-OH is 1. The maximum Gasteiger partial charge on any atom is 0.273 e. The van der Waals surface area contributed by atoms with E-state index in [1.165, 1.54) is 6.07 Å². The molecular weight excluding hydrogens is 284 g/mol. The lowest BCUT2D eigenvalue weighted by Gasteiger charge is -2.16. The van der Waals surface area contributed by atoms with Crippen molar-refractivity contribution in [3.05, 3.63) is 33.4 Å². The summed E-state index contributed by atoms with van der Waals surface area (Å²) in [4.78, 5) is 10.3. The van der Waals surface area contributed by atoms with Crippen LogP contribution in [-0.2, 0) is 10.0 Å². The Labute approximate surface area is 117 Å². The van der Waals surface area contributed by atoms with Gasteiger partial charge in [0.2, 0.25) is 10.0 Å². The summed E-state index contributed by atoms with van der Waals surface area (Å²) in [7, 11) is -3.80. The minimum absolute atomic E-state index is 0.0308. The summed E-state index contributed by atoms with van der Waals surface area (Å²) in [6.45, 7) is 3.48. The summed E-state index contributed by atoms with van der Waals surface area (Å²) in [5, 5.41) is 20.4. The van der Waals surface area contributed by atoms with Crippen molar-refractivity contribution in [1.82, 2.24) is 4.31 Å². The standard InChI is InChI=1S/C12H16N2O5S/c1-8-5-11(6-12(9(8)2)14(16)17)20(18,19)13-4-3-10(15)7-13/h5-6,10,15H,3-4,7H2,1-2H3/t10-/m0/s1. The summed E-state index contributed by atoms with van der Waals surface area (Å²) in [6.07, 6.45) is -0.294. The molecule has 1 N–H and O–H groups in total. The van der Waals surface area contributed by atoms with E-state index in [0.29, 0.717) is 17.5 Å². The summed E-state index contributed by atoms with van der Waals surface area (Å²) >= 11 is 0. The zero-order chi connectivity index (χ0) is 15.1. The number of aliphatic hydroxyl groups is 1. The largest absolute Gasteiger partial charge is 0.392 e. The highest BCUT2D eigenvalue weighted by Gasteiger charge is 2.33. The van der Waals surface area contributed by atoms with E-state index in [4.69, 9.17) is 0 Å². The highest BCUT2D eigenvalue weighted by molar-refractivity contribution is 7.89. The number of nitrogens with zero attached hydrogens (tertiary/aromatic N) is 2. The molecule has 1 fully saturated rings. The van der Waals surface area contributed by atoms with Crippen LogP contribution in [0.4, 0.5) is 5.69 Å². The highest BCUT2D eigenvalue weighted by Crippen LogP contribution is 2.29. The summed E-state index contributed by atoms with van der Waals surface area (Å²) in [6, 6.07) is 2.52. The van der Waals surface area contributed by atoms with Crippen LogP contribution in [0.3, 0.4) is 0 Å². The fourth-order valence-corrected chi connectivity index (χ4v) is 3.82. The van der Waals surface area contributed by atoms with Gasteiger partial charge in [-0.1, -0.05) is 0 Å². The lowest BCUT2D eigenvalue weighted by Crippen LogP contribution is -2.29. The Kier molecular flexibility index (Phi) is 3.81. The van der Waals surface area contributed by atoms with Crippen LogP contribution in [-0.4, -0.2) is 41.9 Å². The molecule has 0 spiro atoms. The Morgan fingerprint density at radius 1 is 1.40 bits per heavy atom. The molecule has 20 heavy (non-hydrogen) atoms. The van der Waals surface area contributed by atoms with Gasteiger partial charge in [-0.05, 0) is 31.9 Å². The lowest BCUT2D eigenvalue weighted by molar-refractivity contribution is -0.385. The quantitative estimate of drug-likeness (QED) is 0.662. The third-order valence-electron chi connectivity index (χ3n) is 3.57. The summed E-state index contributed by atoms with van der Waals surface area (Å²) < 4.78 is 26.0. The van der Waals surface area contributed by atoms with Gasteiger partial charge in [0.05, 0.1) is 15.9 Å². The molecule has 0 saturated carbocycles. The van der Waals surface area contributed by atoms with Crippen LogP contribution < -0.4 is 0 Å². The predicted molar refractivity (Wildman–Crippen MR) is 72.0 cm³/mol. The number of nitro groups is 1. The van der Waals surface area contributed by atoms with Crippen molar-refractivity contribution in [1.29, 1.82) is 0 Å². The van der Waals surface area contributed by atoms with Gasteiger partial charge in [0.1, 0.15) is 0 Å². The monoisotopic (exact) mass is 300 g/mol. The average Bonchev–Trinajstić information content (AvgIpc) is 2.79. The topological polar surface area (TPSA) is 101 Å². The molecule has 1 aromatic rings. The minimum atomic E-state index is -3.80. The van der Waals surface area contributed by atoms with Gasteiger partial charge in [-0.15, -0.1) is 0 Å². The Morgan fingerprint density at radius 2 is 2.05 bits per heavy atom. The first-order valence-corrected chi connectivity index (χ1v) is 7.61. The molecule has 2 rings (SSSR count). The molecule has 7 nitrogen and oxygen atoms in total. The first kappa shape index (κ1) is 14.9. The van der Waals surface area contributed by atoms with Crippen molar-refractivity contribution in [2.45, 2.75) is 31.3 Å². The zero-order valence-electron chi connectivity index (χ0n) is 11.2. The number of rotatable bonds is 3. The Hall–Kier alpha value is -1.51. The molecule has 0 amide bonds. The van der Waals surface area contributed by atoms with Gasteiger partial charge in [-0.25, -0.2) is 8.42 Å². The van der Waals surface area contributed by atoms with Crippen LogP contribution >= 0.6 is 0 Å². The highest BCUT2D eigenvalue weighted by atomic mass is 32.2. The van der Waals surface area contributed by atoms with Gasteiger partial charge in [-0.3, -0.25) is 10.1 Å². The summed E-state index contributed by atoms with van der Waals surface area (Å²) in [5.74, 6) is 0. The molecule has 0 bridgehead atoms. The van der Waals surface area contributed by atoms with Crippen molar-refractivity contribution < 1.29 is 18.4 Å². The molecule has 1 atom stereocenters. The number of nitro benzene ring substituents is 1. The molecule has 0 radical (unpaired) electrons. The summed E-state index contributed by atoms with van der Waals surface area (Å²) in [5.41, 5.74) is 0.802. The third-order valence-corrected chi connectivity index (χ3v) is 5.42. The minimum Gasteiger partial charge on any atom is -0.392 e. The maximum absolute atomic E-state index is 12.4. The van der Waals surface area contributed by atoms with Crippen molar-refractivity contribution in [3.63, 3.8) is 0 Å². The van der Waals surface area contributed by atoms with Crippen molar-refractivity contribution >= 4 is 15.7 Å².